The van der Waals surface area contributed by atoms with Crippen LogP contribution in [0.2, 0.25) is 0 Å². The second kappa shape index (κ2) is 8.88. The van der Waals surface area contributed by atoms with E-state index in [1.165, 1.54) is 26.2 Å². The molecule has 0 atom stereocenters. The lowest BCUT2D eigenvalue weighted by molar-refractivity contribution is 0.0979. The zero-order valence-corrected chi connectivity index (χ0v) is 19.1. The number of H-pyrrole nitrogens is 1. The van der Waals surface area contributed by atoms with Crippen molar-refractivity contribution in [3.8, 4) is 0 Å². The number of amides is 1. The third-order valence-corrected chi connectivity index (χ3v) is 6.20. The van der Waals surface area contributed by atoms with E-state index in [1.807, 2.05) is 29.8 Å². The number of hydrogen-bond donors (Lipinski definition) is 4. The summed E-state index contributed by atoms with van der Waals surface area (Å²) < 4.78 is 26.5. The zero-order chi connectivity index (χ0) is 23.6. The van der Waals surface area contributed by atoms with E-state index in [-0.39, 0.29) is 5.56 Å². The fourth-order valence-electron chi connectivity index (χ4n) is 3.09. The van der Waals surface area contributed by atoms with Gasteiger partial charge in [0.05, 0.1) is 0 Å². The molecule has 4 rings (SSSR count). The third kappa shape index (κ3) is 5.27. The smallest absolute Gasteiger partial charge is 0.303 e. The van der Waals surface area contributed by atoms with Gasteiger partial charge in [-0.1, -0.05) is 6.07 Å². The minimum Gasteiger partial charge on any atom is -0.359 e. The summed E-state index contributed by atoms with van der Waals surface area (Å²) in [5, 5.41) is 7.46. The average molecular weight is 466 g/mol. The van der Waals surface area contributed by atoms with E-state index in [0.29, 0.717) is 17.5 Å². The Morgan fingerprint density at radius 1 is 0.970 bits per heavy atom. The molecule has 4 N–H and O–H groups in total. The van der Waals surface area contributed by atoms with Crippen molar-refractivity contribution < 1.29 is 13.2 Å². The Balaban J connectivity index is 1.44. The highest BCUT2D eigenvalue weighted by atomic mass is 32.2. The Labute approximate surface area is 191 Å². The van der Waals surface area contributed by atoms with E-state index in [1.54, 1.807) is 24.4 Å². The third-order valence-electron chi connectivity index (χ3n) is 4.79. The number of benzene rings is 2. The first-order chi connectivity index (χ1) is 15.7. The predicted octanol–water partition coefficient (Wildman–Crippen LogP) is 3.29. The van der Waals surface area contributed by atoms with Crippen LogP contribution < -0.4 is 15.4 Å². The van der Waals surface area contributed by atoms with Crippen LogP contribution in [0.3, 0.4) is 0 Å². The summed E-state index contributed by atoms with van der Waals surface area (Å²) >= 11 is 0. The Hall–Kier alpha value is -3.96. The molecule has 0 unspecified atom stereocenters. The van der Waals surface area contributed by atoms with Crippen molar-refractivity contribution in [1.29, 1.82) is 0 Å². The number of aryl methyl sites for hydroxylation is 1. The molecule has 0 saturated carbocycles. The van der Waals surface area contributed by atoms with Gasteiger partial charge in [0.25, 0.3) is 5.91 Å². The van der Waals surface area contributed by atoms with Crippen LogP contribution in [0.1, 0.15) is 16.1 Å². The summed E-state index contributed by atoms with van der Waals surface area (Å²) in [6.45, 7) is 2.01. The molecule has 0 aliphatic rings. The van der Waals surface area contributed by atoms with E-state index in [4.69, 9.17) is 0 Å². The summed E-state index contributed by atoms with van der Waals surface area (Å²) in [5.41, 5.74) is 3.85. The van der Waals surface area contributed by atoms with Crippen molar-refractivity contribution >= 4 is 50.2 Å². The first kappa shape index (κ1) is 22.2. The highest BCUT2D eigenvalue weighted by Crippen LogP contribution is 2.22. The van der Waals surface area contributed by atoms with E-state index in [9.17, 15) is 13.2 Å². The number of anilines is 4. The van der Waals surface area contributed by atoms with Crippen LogP contribution in [0.5, 0.6) is 0 Å². The number of hydrogen-bond acceptors (Lipinski definition) is 7. The van der Waals surface area contributed by atoms with Gasteiger partial charge in [0, 0.05) is 48.4 Å². The molecule has 170 valence electrons. The summed E-state index contributed by atoms with van der Waals surface area (Å²) in [6, 6.07) is 16.1. The van der Waals surface area contributed by atoms with Gasteiger partial charge in [-0.05, 0) is 60.8 Å². The number of nitrogens with zero attached hydrogens (tertiary/aromatic N) is 3. The van der Waals surface area contributed by atoms with Crippen molar-refractivity contribution in [2.24, 2.45) is 0 Å². The monoisotopic (exact) mass is 465 g/mol. The van der Waals surface area contributed by atoms with Gasteiger partial charge in [0.1, 0.15) is 5.82 Å². The van der Waals surface area contributed by atoms with Gasteiger partial charge in [-0.25, -0.2) is 9.71 Å². The number of aromatic amines is 1. The van der Waals surface area contributed by atoms with Gasteiger partial charge in [0.2, 0.25) is 5.95 Å². The maximum absolute atomic E-state index is 12.2. The van der Waals surface area contributed by atoms with Crippen LogP contribution in [-0.4, -0.2) is 47.7 Å². The van der Waals surface area contributed by atoms with Gasteiger partial charge >= 0.3 is 10.2 Å². The van der Waals surface area contributed by atoms with Gasteiger partial charge in [0.15, 0.2) is 0 Å². The number of nitrogens with one attached hydrogen (secondary N) is 4. The van der Waals surface area contributed by atoms with Crippen molar-refractivity contribution in [2.75, 3.05) is 24.7 Å². The molecular formula is C22H23N7O3S. The molecule has 2 heterocycles. The Morgan fingerprint density at radius 2 is 1.70 bits per heavy atom. The molecule has 0 aliphatic heterocycles. The SMILES string of the molecule is Cc1cc2ccc(Nc3nccc(Nc4ccc(C(=O)NS(=O)(=O)N(C)C)cc4)n3)cc2[nH]1. The molecule has 0 bridgehead atoms. The number of fused-ring (bicyclic) bond motifs is 1. The molecule has 11 heteroatoms. The number of carbonyl (C=O) groups is 1. The largest absolute Gasteiger partial charge is 0.359 e. The van der Waals surface area contributed by atoms with E-state index in [0.717, 1.165) is 26.6 Å². The first-order valence-electron chi connectivity index (χ1n) is 10.0. The Kier molecular flexibility index (Phi) is 5.99. The van der Waals surface area contributed by atoms with Crippen LogP contribution in [0.15, 0.2) is 60.8 Å². The summed E-state index contributed by atoms with van der Waals surface area (Å²) in [7, 11) is -1.17. The Morgan fingerprint density at radius 3 is 2.42 bits per heavy atom. The second-order valence-corrected chi connectivity index (χ2v) is 9.45. The molecule has 10 nitrogen and oxygen atoms in total. The average Bonchev–Trinajstić information content (AvgIpc) is 3.13. The second-order valence-electron chi connectivity index (χ2n) is 7.57. The van der Waals surface area contributed by atoms with E-state index in [2.05, 4.69) is 31.7 Å². The maximum Gasteiger partial charge on any atom is 0.303 e. The lowest BCUT2D eigenvalue weighted by Gasteiger charge is -2.12. The molecular weight excluding hydrogens is 442 g/mol. The van der Waals surface area contributed by atoms with E-state index >= 15 is 0 Å². The predicted molar refractivity (Wildman–Crippen MR) is 128 cm³/mol. The lowest BCUT2D eigenvalue weighted by Crippen LogP contribution is -2.39. The number of carbonyl (C=O) groups excluding carboxylic acids is 1. The molecule has 0 radical (unpaired) electrons. The van der Waals surface area contributed by atoms with E-state index < -0.39 is 16.1 Å². The van der Waals surface area contributed by atoms with Gasteiger partial charge in [-0.3, -0.25) is 4.79 Å². The molecule has 0 saturated heterocycles. The zero-order valence-electron chi connectivity index (χ0n) is 18.2. The molecule has 2 aromatic carbocycles. The van der Waals surface area contributed by atoms with Gasteiger partial charge in [-0.2, -0.15) is 17.7 Å². The van der Waals surface area contributed by atoms with Crippen molar-refractivity contribution in [3.05, 3.63) is 72.1 Å². The normalized spacial score (nSPS) is 11.5. The van der Waals surface area contributed by atoms with Crippen LogP contribution >= 0.6 is 0 Å². The molecule has 0 aliphatic carbocycles. The number of rotatable bonds is 7. The molecule has 4 aromatic rings. The van der Waals surface area contributed by atoms with Crippen LogP contribution in [0, 0.1) is 6.92 Å². The van der Waals surface area contributed by atoms with Crippen molar-refractivity contribution in [2.45, 2.75) is 6.92 Å². The summed E-state index contributed by atoms with van der Waals surface area (Å²) in [6.07, 6.45) is 1.63. The van der Waals surface area contributed by atoms with Gasteiger partial charge < -0.3 is 15.6 Å². The van der Waals surface area contributed by atoms with Crippen LogP contribution in [0.4, 0.5) is 23.1 Å². The Bertz CT molecular complexity index is 1410. The number of aromatic nitrogens is 3. The van der Waals surface area contributed by atoms with Crippen molar-refractivity contribution in [3.63, 3.8) is 0 Å². The molecule has 1 amide bonds. The lowest BCUT2D eigenvalue weighted by atomic mass is 10.2. The first-order valence-corrected chi connectivity index (χ1v) is 11.4. The van der Waals surface area contributed by atoms with Crippen LogP contribution in [0.25, 0.3) is 10.9 Å². The maximum atomic E-state index is 12.2. The summed E-state index contributed by atoms with van der Waals surface area (Å²) in [4.78, 5) is 24.2. The summed E-state index contributed by atoms with van der Waals surface area (Å²) in [5.74, 6) is 0.266. The standard InChI is InChI=1S/C22H23N7O3S/c1-14-12-16-6-9-18(13-19(16)24-14)26-22-23-11-10-20(27-22)25-17-7-4-15(5-8-17)21(30)28-33(31,32)29(2)3/h4-13,24H,1-3H3,(H,28,30)(H2,23,25,26,27). The molecule has 2 aromatic heterocycles. The van der Waals surface area contributed by atoms with Gasteiger partial charge in [-0.15, -0.1) is 0 Å². The highest BCUT2D eigenvalue weighted by Gasteiger charge is 2.18. The molecule has 33 heavy (non-hydrogen) atoms. The minimum atomic E-state index is -3.85. The fourth-order valence-corrected chi connectivity index (χ4v) is 3.62. The molecule has 0 fully saturated rings. The van der Waals surface area contributed by atoms with Crippen molar-refractivity contribution in [1.82, 2.24) is 24.0 Å². The highest BCUT2D eigenvalue weighted by molar-refractivity contribution is 7.87. The molecule has 0 spiro atoms. The van der Waals surface area contributed by atoms with Crippen LogP contribution in [-0.2, 0) is 10.2 Å². The minimum absolute atomic E-state index is 0.214. The topological polar surface area (TPSA) is 132 Å². The fraction of sp³-hybridized carbons (Fsp3) is 0.136. The quantitative estimate of drug-likeness (QED) is 0.329.